The summed E-state index contributed by atoms with van der Waals surface area (Å²) in [5.41, 5.74) is 1.51. The van der Waals surface area contributed by atoms with Crippen LogP contribution >= 0.6 is 0 Å². The molecule has 1 unspecified atom stereocenters. The molecular formula is C18H20N4O3. The molecule has 1 amide bonds. The average Bonchev–Trinajstić information content (AvgIpc) is 2.98. The summed E-state index contributed by atoms with van der Waals surface area (Å²) in [4.78, 5) is 29.1. The minimum atomic E-state index is -0.312. The first-order valence-corrected chi connectivity index (χ1v) is 8.12. The monoisotopic (exact) mass is 340 g/mol. The van der Waals surface area contributed by atoms with Gasteiger partial charge >= 0.3 is 0 Å². The van der Waals surface area contributed by atoms with Gasteiger partial charge in [-0.15, -0.1) is 0 Å². The van der Waals surface area contributed by atoms with Crippen LogP contribution in [-0.4, -0.2) is 27.2 Å². The molecule has 0 aliphatic heterocycles. The summed E-state index contributed by atoms with van der Waals surface area (Å²) in [6.07, 6.45) is 0. The molecule has 0 spiro atoms. The molecule has 7 nitrogen and oxygen atoms in total. The lowest BCUT2D eigenvalue weighted by Gasteiger charge is -2.14. The number of hydrogen-bond donors (Lipinski definition) is 1. The van der Waals surface area contributed by atoms with Crippen LogP contribution in [0, 0.1) is 13.8 Å². The Balaban J connectivity index is 1.72. The maximum Gasteiger partial charge on any atom is 0.267 e. The normalized spacial score (nSPS) is 12.3. The van der Waals surface area contributed by atoms with Gasteiger partial charge < -0.3 is 9.84 Å². The van der Waals surface area contributed by atoms with Crippen molar-refractivity contribution in [1.29, 1.82) is 0 Å². The van der Waals surface area contributed by atoms with Crippen molar-refractivity contribution < 1.29 is 9.32 Å². The molecule has 3 rings (SSSR count). The molecule has 0 saturated carbocycles. The second-order valence-corrected chi connectivity index (χ2v) is 6.11. The number of rotatable bonds is 5. The Morgan fingerprint density at radius 2 is 2.00 bits per heavy atom. The largest absolute Gasteiger partial charge is 0.354 e. The number of carbonyl (C=O) groups is 1. The molecule has 130 valence electrons. The number of amides is 1. The van der Waals surface area contributed by atoms with E-state index in [1.807, 2.05) is 37.3 Å². The van der Waals surface area contributed by atoms with Crippen molar-refractivity contribution in [3.63, 3.8) is 0 Å². The predicted octanol–water partition coefficient (Wildman–Crippen LogP) is 1.92. The lowest BCUT2D eigenvalue weighted by atomic mass is 10.0. The van der Waals surface area contributed by atoms with Crippen LogP contribution in [0.25, 0.3) is 11.1 Å². The van der Waals surface area contributed by atoms with Gasteiger partial charge in [0.25, 0.3) is 11.3 Å². The zero-order valence-corrected chi connectivity index (χ0v) is 14.4. The van der Waals surface area contributed by atoms with Crippen molar-refractivity contribution in [2.45, 2.75) is 33.2 Å². The number of benzene rings is 1. The number of hydrogen-bond acceptors (Lipinski definition) is 5. The first-order valence-electron chi connectivity index (χ1n) is 8.12. The highest BCUT2D eigenvalue weighted by atomic mass is 16.5. The Kier molecular flexibility index (Phi) is 4.65. The standard InChI is InChI=1S/C18H20N4O3/c1-11(14-7-5-4-6-8-14)9-19-15(23)10-22-13(3)20-17-16(18(22)24)12(2)21-25-17/h4-8,11H,9-10H2,1-3H3,(H,19,23). The summed E-state index contributed by atoms with van der Waals surface area (Å²) < 4.78 is 6.37. The lowest BCUT2D eigenvalue weighted by Crippen LogP contribution is -2.35. The molecule has 0 radical (unpaired) electrons. The van der Waals surface area contributed by atoms with Crippen LogP contribution in [-0.2, 0) is 11.3 Å². The van der Waals surface area contributed by atoms with Crippen molar-refractivity contribution in [2.24, 2.45) is 0 Å². The van der Waals surface area contributed by atoms with E-state index in [0.717, 1.165) is 5.56 Å². The zero-order chi connectivity index (χ0) is 18.0. The second kappa shape index (κ2) is 6.88. The highest BCUT2D eigenvalue weighted by Gasteiger charge is 2.17. The fourth-order valence-electron chi connectivity index (χ4n) is 2.72. The van der Waals surface area contributed by atoms with Crippen LogP contribution in [0.4, 0.5) is 0 Å². The highest BCUT2D eigenvalue weighted by molar-refractivity contribution is 5.77. The quantitative estimate of drug-likeness (QED) is 0.766. The van der Waals surface area contributed by atoms with E-state index in [1.54, 1.807) is 13.8 Å². The van der Waals surface area contributed by atoms with E-state index in [2.05, 4.69) is 15.5 Å². The molecule has 2 heterocycles. The molecule has 0 fully saturated rings. The van der Waals surface area contributed by atoms with Crippen molar-refractivity contribution in [3.8, 4) is 0 Å². The van der Waals surface area contributed by atoms with E-state index in [1.165, 1.54) is 4.57 Å². The number of aromatic nitrogens is 3. The van der Waals surface area contributed by atoms with Gasteiger partial charge in [0, 0.05) is 6.54 Å². The molecule has 0 bridgehead atoms. The summed E-state index contributed by atoms with van der Waals surface area (Å²) in [5.74, 6) is 0.368. The van der Waals surface area contributed by atoms with E-state index < -0.39 is 0 Å². The van der Waals surface area contributed by atoms with Crippen molar-refractivity contribution in [2.75, 3.05) is 6.54 Å². The summed E-state index contributed by atoms with van der Waals surface area (Å²) >= 11 is 0. The van der Waals surface area contributed by atoms with Crippen LogP contribution in [0.5, 0.6) is 0 Å². The van der Waals surface area contributed by atoms with Gasteiger partial charge in [0.15, 0.2) is 0 Å². The van der Waals surface area contributed by atoms with Gasteiger partial charge in [-0.25, -0.2) is 0 Å². The topological polar surface area (TPSA) is 90.0 Å². The molecule has 25 heavy (non-hydrogen) atoms. The molecule has 0 aliphatic carbocycles. The minimum absolute atomic E-state index is 0.0836. The molecular weight excluding hydrogens is 320 g/mol. The van der Waals surface area contributed by atoms with Crippen molar-refractivity contribution >= 4 is 17.0 Å². The Morgan fingerprint density at radius 1 is 1.28 bits per heavy atom. The second-order valence-electron chi connectivity index (χ2n) is 6.11. The first-order chi connectivity index (χ1) is 12.0. The molecule has 1 aromatic carbocycles. The maximum atomic E-state index is 12.6. The van der Waals surface area contributed by atoms with Gasteiger partial charge in [-0.05, 0) is 25.3 Å². The lowest BCUT2D eigenvalue weighted by molar-refractivity contribution is -0.121. The molecule has 0 saturated heterocycles. The third kappa shape index (κ3) is 3.45. The fourth-order valence-corrected chi connectivity index (χ4v) is 2.72. The van der Waals surface area contributed by atoms with Gasteiger partial charge in [0.1, 0.15) is 17.8 Å². The number of aryl methyl sites for hydroxylation is 2. The van der Waals surface area contributed by atoms with Gasteiger partial charge in [-0.3, -0.25) is 14.2 Å². The Morgan fingerprint density at radius 3 is 2.72 bits per heavy atom. The fraction of sp³-hybridized carbons (Fsp3) is 0.333. The van der Waals surface area contributed by atoms with Crippen LogP contribution < -0.4 is 10.9 Å². The van der Waals surface area contributed by atoms with Crippen LogP contribution in [0.15, 0.2) is 39.6 Å². The molecule has 3 aromatic rings. The van der Waals surface area contributed by atoms with Crippen molar-refractivity contribution in [3.05, 3.63) is 57.8 Å². The van der Waals surface area contributed by atoms with Gasteiger partial charge in [0.2, 0.25) is 5.91 Å². The van der Waals surface area contributed by atoms with E-state index in [9.17, 15) is 9.59 Å². The van der Waals surface area contributed by atoms with Gasteiger partial charge in [0.05, 0.1) is 5.69 Å². The number of nitrogens with zero attached hydrogens (tertiary/aromatic N) is 3. The van der Waals surface area contributed by atoms with E-state index >= 15 is 0 Å². The smallest absolute Gasteiger partial charge is 0.267 e. The number of fused-ring (bicyclic) bond motifs is 1. The van der Waals surface area contributed by atoms with Crippen LogP contribution in [0.1, 0.15) is 29.9 Å². The number of carbonyl (C=O) groups excluding carboxylic acids is 1. The number of nitrogens with one attached hydrogen (secondary N) is 1. The highest BCUT2D eigenvalue weighted by Crippen LogP contribution is 2.13. The Bertz CT molecular complexity index is 960. The molecule has 7 heteroatoms. The summed E-state index contributed by atoms with van der Waals surface area (Å²) in [6.45, 7) is 5.80. The molecule has 2 aromatic heterocycles. The Hall–Kier alpha value is -2.96. The van der Waals surface area contributed by atoms with Crippen LogP contribution in [0.2, 0.25) is 0 Å². The summed E-state index contributed by atoms with van der Waals surface area (Å²) in [7, 11) is 0. The van der Waals surface area contributed by atoms with Crippen molar-refractivity contribution in [1.82, 2.24) is 20.0 Å². The average molecular weight is 340 g/mol. The summed E-state index contributed by atoms with van der Waals surface area (Å²) in [5, 5.41) is 6.95. The SMILES string of the molecule is Cc1noc2nc(C)n(CC(=O)NCC(C)c3ccccc3)c(=O)c12. The summed E-state index contributed by atoms with van der Waals surface area (Å²) in [6, 6.07) is 9.95. The molecule has 1 N–H and O–H groups in total. The van der Waals surface area contributed by atoms with E-state index in [4.69, 9.17) is 4.52 Å². The van der Waals surface area contributed by atoms with Crippen LogP contribution in [0.3, 0.4) is 0 Å². The molecule has 0 aliphatic rings. The predicted molar refractivity (Wildman–Crippen MR) is 93.4 cm³/mol. The van der Waals surface area contributed by atoms with Gasteiger partial charge in [-0.2, -0.15) is 4.98 Å². The zero-order valence-electron chi connectivity index (χ0n) is 14.4. The third-order valence-electron chi connectivity index (χ3n) is 4.23. The third-order valence-corrected chi connectivity index (χ3v) is 4.23. The molecule has 1 atom stereocenters. The van der Waals surface area contributed by atoms with E-state index in [-0.39, 0.29) is 29.6 Å². The van der Waals surface area contributed by atoms with E-state index in [0.29, 0.717) is 23.4 Å². The first kappa shape index (κ1) is 16.9. The minimum Gasteiger partial charge on any atom is -0.354 e. The van der Waals surface area contributed by atoms with Gasteiger partial charge in [-0.1, -0.05) is 42.4 Å². The maximum absolute atomic E-state index is 12.6. The Labute approximate surface area is 144 Å².